The molecule has 0 saturated heterocycles. The molecule has 10 nitrogen and oxygen atoms in total. The molecule has 3 aliphatic carbocycles. The van der Waals surface area contributed by atoms with Crippen LogP contribution in [0.4, 0.5) is 0 Å². The molecule has 1 amide bonds. The van der Waals surface area contributed by atoms with Crippen molar-refractivity contribution in [3.8, 4) is 22.6 Å². The van der Waals surface area contributed by atoms with Crippen LogP contribution < -0.4 is 10.5 Å². The van der Waals surface area contributed by atoms with Gasteiger partial charge in [-0.2, -0.15) is 0 Å². The van der Waals surface area contributed by atoms with Crippen LogP contribution in [0.25, 0.3) is 11.1 Å². The van der Waals surface area contributed by atoms with E-state index in [-0.39, 0.29) is 36.1 Å². The van der Waals surface area contributed by atoms with E-state index >= 15 is 0 Å². The Labute approximate surface area is 224 Å². The van der Waals surface area contributed by atoms with Gasteiger partial charge in [0.1, 0.15) is 28.6 Å². The van der Waals surface area contributed by atoms with E-state index in [0.29, 0.717) is 23.4 Å². The summed E-state index contributed by atoms with van der Waals surface area (Å²) in [7, 11) is 5.44. The number of methoxy groups -OCH3 is 1. The van der Waals surface area contributed by atoms with Crippen molar-refractivity contribution in [2.24, 2.45) is 17.6 Å². The average Bonchev–Trinajstić information content (AvgIpc) is 2.85. The summed E-state index contributed by atoms with van der Waals surface area (Å²) < 4.78 is 5.62. The van der Waals surface area contributed by atoms with Crippen LogP contribution in [0, 0.1) is 11.8 Å². The lowest BCUT2D eigenvalue weighted by atomic mass is 9.60. The number of aliphatic hydroxyl groups excluding tert-OH is 2. The van der Waals surface area contributed by atoms with E-state index in [1.165, 1.54) is 6.07 Å². The standard InChI is InChI=1S/C29H30N2O8/c1-31(2)12-13-4-7-21(39-3)17(8-13)16-5-6-19(32)23-18(16)10-14-9-15-11-20(33)24(28(30)37)27(36)29(15,38)26(35)22(14)25(23)34/h4-8,14-15,32-33,35,38H,9-12H2,1-3H3,(H2,30,37)/t14-,15+,29+/m1/s1. The third kappa shape index (κ3) is 3.90. The van der Waals surface area contributed by atoms with Gasteiger partial charge in [0.2, 0.25) is 5.78 Å². The van der Waals surface area contributed by atoms with E-state index in [1.807, 2.05) is 37.2 Å². The number of aliphatic hydroxyl groups is 3. The highest BCUT2D eigenvalue weighted by Gasteiger charge is 2.59. The van der Waals surface area contributed by atoms with Gasteiger partial charge >= 0.3 is 0 Å². The number of ketones is 2. The van der Waals surface area contributed by atoms with Crippen LogP contribution in [0.2, 0.25) is 0 Å². The number of hydrogen-bond acceptors (Lipinski definition) is 9. The van der Waals surface area contributed by atoms with E-state index in [1.54, 1.807) is 13.2 Å². The van der Waals surface area contributed by atoms with Gasteiger partial charge in [-0.25, -0.2) is 0 Å². The summed E-state index contributed by atoms with van der Waals surface area (Å²) in [5.74, 6) is -5.97. The fourth-order valence-corrected chi connectivity index (χ4v) is 6.30. The second-order valence-corrected chi connectivity index (χ2v) is 10.7. The topological polar surface area (TPSA) is 171 Å². The van der Waals surface area contributed by atoms with E-state index < -0.39 is 52.0 Å². The minimum absolute atomic E-state index is 0.0378. The molecule has 0 aromatic heterocycles. The molecule has 0 bridgehead atoms. The summed E-state index contributed by atoms with van der Waals surface area (Å²) in [6.45, 7) is 0.665. The first kappa shape index (κ1) is 26.5. The number of phenolic OH excluding ortho intramolecular Hbond substituents is 1. The van der Waals surface area contributed by atoms with Gasteiger partial charge in [-0.15, -0.1) is 0 Å². The molecule has 0 spiro atoms. The van der Waals surface area contributed by atoms with Crippen LogP contribution in [-0.2, 0) is 22.6 Å². The van der Waals surface area contributed by atoms with Crippen molar-refractivity contribution in [3.63, 3.8) is 0 Å². The van der Waals surface area contributed by atoms with Crippen molar-refractivity contribution in [1.29, 1.82) is 0 Å². The second-order valence-electron chi connectivity index (χ2n) is 10.7. The molecule has 0 radical (unpaired) electrons. The molecule has 6 N–H and O–H groups in total. The highest BCUT2D eigenvalue weighted by atomic mass is 16.5. The second kappa shape index (κ2) is 9.25. The first-order chi connectivity index (χ1) is 18.4. The number of aromatic hydroxyl groups is 1. The van der Waals surface area contributed by atoms with Crippen molar-refractivity contribution in [1.82, 2.24) is 4.90 Å². The number of allylic oxidation sites excluding steroid dienone is 2. The molecule has 3 aliphatic rings. The zero-order valence-electron chi connectivity index (χ0n) is 21.8. The molecular formula is C29H30N2O8. The first-order valence-corrected chi connectivity index (χ1v) is 12.5. The number of phenols is 1. The monoisotopic (exact) mass is 534 g/mol. The Morgan fingerprint density at radius 1 is 1.10 bits per heavy atom. The molecule has 10 heteroatoms. The predicted octanol–water partition coefficient (Wildman–Crippen LogP) is 2.32. The highest BCUT2D eigenvalue weighted by molar-refractivity contribution is 6.24. The molecule has 39 heavy (non-hydrogen) atoms. The van der Waals surface area contributed by atoms with Gasteiger partial charge in [-0.1, -0.05) is 12.1 Å². The van der Waals surface area contributed by atoms with E-state index in [9.17, 15) is 34.8 Å². The number of ether oxygens (including phenoxy) is 1. The smallest absolute Gasteiger partial charge is 0.255 e. The summed E-state index contributed by atoms with van der Waals surface area (Å²) in [4.78, 5) is 40.8. The predicted molar refractivity (Wildman–Crippen MR) is 140 cm³/mol. The Balaban J connectivity index is 1.68. The summed E-state index contributed by atoms with van der Waals surface area (Å²) in [6, 6.07) is 8.85. The van der Waals surface area contributed by atoms with Crippen molar-refractivity contribution < 1.29 is 39.5 Å². The van der Waals surface area contributed by atoms with Gasteiger partial charge in [-0.3, -0.25) is 14.4 Å². The van der Waals surface area contributed by atoms with E-state index in [2.05, 4.69) is 0 Å². The summed E-state index contributed by atoms with van der Waals surface area (Å²) in [5, 5.41) is 43.8. The number of carbonyl (C=O) groups is 3. The number of nitrogens with two attached hydrogens (primary N) is 1. The maximum Gasteiger partial charge on any atom is 0.255 e. The van der Waals surface area contributed by atoms with Gasteiger partial charge in [0.25, 0.3) is 5.91 Å². The van der Waals surface area contributed by atoms with Gasteiger partial charge < -0.3 is 35.8 Å². The van der Waals surface area contributed by atoms with Gasteiger partial charge in [0.15, 0.2) is 11.4 Å². The minimum Gasteiger partial charge on any atom is -0.511 e. The molecule has 0 saturated carbocycles. The lowest BCUT2D eigenvalue weighted by Gasteiger charge is -2.45. The van der Waals surface area contributed by atoms with Crippen LogP contribution in [0.15, 0.2) is 53.0 Å². The Bertz CT molecular complexity index is 1500. The minimum atomic E-state index is -2.59. The van der Waals surface area contributed by atoms with E-state index in [4.69, 9.17) is 10.5 Å². The van der Waals surface area contributed by atoms with Crippen molar-refractivity contribution >= 4 is 17.5 Å². The number of amides is 1. The molecular weight excluding hydrogens is 504 g/mol. The zero-order chi connectivity index (χ0) is 28.4. The molecule has 5 rings (SSSR count). The largest absolute Gasteiger partial charge is 0.511 e. The van der Waals surface area contributed by atoms with Crippen molar-refractivity contribution in [3.05, 3.63) is 69.7 Å². The van der Waals surface area contributed by atoms with Gasteiger partial charge in [-0.05, 0) is 67.7 Å². The fourth-order valence-electron chi connectivity index (χ4n) is 6.30. The lowest BCUT2D eigenvalue weighted by molar-refractivity contribution is -0.144. The molecule has 3 atom stereocenters. The SMILES string of the molecule is COc1ccc(CN(C)C)cc1-c1ccc(O)c2c1C[C@H]1C[C@H]3CC(O)=C(C(N)=O)C(=O)[C@@]3(O)C(O)=C1C2=O. The summed E-state index contributed by atoms with van der Waals surface area (Å²) in [6.07, 6.45) is -0.00228. The molecule has 0 heterocycles. The van der Waals surface area contributed by atoms with Crippen molar-refractivity contribution in [2.45, 2.75) is 31.4 Å². The molecule has 204 valence electrons. The summed E-state index contributed by atoms with van der Waals surface area (Å²) in [5.41, 5.74) is 4.59. The molecule has 2 aromatic rings. The third-order valence-corrected chi connectivity index (χ3v) is 8.00. The fraction of sp³-hybridized carbons (Fsp3) is 0.345. The number of nitrogens with zero attached hydrogens (tertiary/aromatic N) is 1. The average molecular weight is 535 g/mol. The molecule has 0 unspecified atom stereocenters. The number of fused-ring (bicyclic) bond motifs is 3. The number of carbonyl (C=O) groups excluding carboxylic acids is 3. The Morgan fingerprint density at radius 2 is 1.82 bits per heavy atom. The van der Waals surface area contributed by atoms with Gasteiger partial charge in [0, 0.05) is 30.0 Å². The number of benzene rings is 2. The maximum atomic E-state index is 13.8. The van der Waals surface area contributed by atoms with Gasteiger partial charge in [0.05, 0.1) is 12.7 Å². The first-order valence-electron chi connectivity index (χ1n) is 12.5. The van der Waals surface area contributed by atoms with Crippen LogP contribution in [0.5, 0.6) is 11.5 Å². The third-order valence-electron chi connectivity index (χ3n) is 8.00. The number of hydrogen-bond donors (Lipinski definition) is 5. The Morgan fingerprint density at radius 3 is 2.46 bits per heavy atom. The number of rotatable bonds is 5. The lowest BCUT2D eigenvalue weighted by Crippen LogP contribution is -2.57. The number of primary amides is 1. The van der Waals surface area contributed by atoms with E-state index in [0.717, 1.165) is 11.1 Å². The molecule has 2 aromatic carbocycles. The zero-order valence-corrected chi connectivity index (χ0v) is 21.8. The van der Waals surface area contributed by atoms with Crippen molar-refractivity contribution in [2.75, 3.05) is 21.2 Å². The van der Waals surface area contributed by atoms with Crippen LogP contribution in [0.1, 0.15) is 34.3 Å². The molecule has 0 fully saturated rings. The maximum absolute atomic E-state index is 13.8. The summed E-state index contributed by atoms with van der Waals surface area (Å²) >= 11 is 0. The quantitative estimate of drug-likeness (QED) is 0.361. The number of Topliss-reactive ketones (excluding diaryl/α,β-unsaturated/α-hetero) is 2. The Kier molecular flexibility index (Phi) is 6.27. The molecule has 0 aliphatic heterocycles. The highest BCUT2D eigenvalue weighted by Crippen LogP contribution is 2.52. The normalized spacial score (nSPS) is 24.4. The van der Waals surface area contributed by atoms with Crippen LogP contribution >= 0.6 is 0 Å². The van der Waals surface area contributed by atoms with Crippen LogP contribution in [0.3, 0.4) is 0 Å². The Hall–Kier alpha value is -4.15. The van der Waals surface area contributed by atoms with Crippen LogP contribution in [-0.4, -0.2) is 69.6 Å².